The molecule has 0 spiro atoms. The molecule has 2 heterocycles. The predicted octanol–water partition coefficient (Wildman–Crippen LogP) is 3.64. The number of hydrogen-bond acceptors (Lipinski definition) is 2. The fourth-order valence-electron chi connectivity index (χ4n) is 4.22. The highest BCUT2D eigenvalue weighted by atomic mass is 79.9. The zero-order valence-corrected chi connectivity index (χ0v) is 13.7. The fourth-order valence-corrected chi connectivity index (χ4v) is 4.73. The monoisotopic (exact) mass is 343 g/mol. The first kappa shape index (κ1) is 13.4. The smallest absolute Gasteiger partial charge is 0.0625 e. The van der Waals surface area contributed by atoms with Gasteiger partial charge in [0.2, 0.25) is 0 Å². The molecule has 4 rings (SSSR count). The van der Waals surface area contributed by atoms with Crippen LogP contribution in [0.2, 0.25) is 0 Å². The van der Waals surface area contributed by atoms with Crippen molar-refractivity contribution in [1.29, 1.82) is 5.26 Å². The summed E-state index contributed by atoms with van der Waals surface area (Å²) < 4.78 is 2.14. The average Bonchev–Trinajstić information content (AvgIpc) is 2.75. The third kappa shape index (κ3) is 1.88. The number of benzene rings is 1. The minimum Gasteiger partial charge on any atom is -0.313 e. The lowest BCUT2D eigenvalue weighted by atomic mass is 9.72. The van der Waals surface area contributed by atoms with E-state index in [1.165, 1.54) is 27.7 Å². The molecule has 3 atom stereocenters. The van der Waals surface area contributed by atoms with Crippen LogP contribution in [-0.4, -0.2) is 16.2 Å². The molecule has 1 aromatic carbocycles. The van der Waals surface area contributed by atoms with Crippen molar-refractivity contribution in [3.05, 3.63) is 35.0 Å². The van der Waals surface area contributed by atoms with E-state index in [4.69, 9.17) is 5.26 Å². The molecule has 0 saturated carbocycles. The number of nitrogens with one attached hydrogen (secondary N) is 1. The predicted molar refractivity (Wildman–Crippen MR) is 87.6 cm³/mol. The maximum absolute atomic E-state index is 8.98. The molecule has 1 N–H and O–H groups in total. The van der Waals surface area contributed by atoms with Crippen LogP contribution in [0.3, 0.4) is 0 Å². The summed E-state index contributed by atoms with van der Waals surface area (Å²) in [5, 5.41) is 14.1. The number of fused-ring (bicyclic) bond motifs is 2. The van der Waals surface area contributed by atoms with Crippen molar-refractivity contribution in [1.82, 2.24) is 8.91 Å². The first-order chi connectivity index (χ1) is 10.2. The maximum atomic E-state index is 8.98. The van der Waals surface area contributed by atoms with Crippen LogP contribution >= 0.6 is 16.1 Å². The van der Waals surface area contributed by atoms with Gasteiger partial charge in [0, 0.05) is 29.5 Å². The highest BCUT2D eigenvalue weighted by Gasteiger charge is 2.37. The van der Waals surface area contributed by atoms with E-state index in [0.29, 0.717) is 24.3 Å². The van der Waals surface area contributed by atoms with Gasteiger partial charge in [0.1, 0.15) is 0 Å². The van der Waals surface area contributed by atoms with Crippen LogP contribution in [0.25, 0.3) is 10.9 Å². The highest BCUT2D eigenvalue weighted by Crippen LogP contribution is 2.44. The molecule has 21 heavy (non-hydrogen) atoms. The van der Waals surface area contributed by atoms with Crippen molar-refractivity contribution in [3.63, 3.8) is 0 Å². The number of halogens is 1. The molecule has 2 aliphatic rings. The molecule has 0 radical (unpaired) electrons. The van der Waals surface area contributed by atoms with E-state index in [0.717, 1.165) is 19.4 Å². The van der Waals surface area contributed by atoms with Crippen molar-refractivity contribution in [2.45, 2.75) is 38.1 Å². The lowest BCUT2D eigenvalue weighted by Crippen LogP contribution is -2.46. The molecule has 108 valence electrons. The van der Waals surface area contributed by atoms with E-state index in [2.05, 4.69) is 56.2 Å². The van der Waals surface area contributed by atoms with E-state index in [-0.39, 0.29) is 0 Å². The zero-order chi connectivity index (χ0) is 14.6. The molecular weight excluding hydrogens is 326 g/mol. The van der Waals surface area contributed by atoms with Crippen molar-refractivity contribution in [2.24, 2.45) is 5.92 Å². The number of nitrogens with zero attached hydrogens (tertiary/aromatic N) is 2. The van der Waals surface area contributed by atoms with Crippen molar-refractivity contribution in [2.75, 3.05) is 6.54 Å². The van der Waals surface area contributed by atoms with Gasteiger partial charge >= 0.3 is 0 Å². The quantitative estimate of drug-likeness (QED) is 0.858. The second kappa shape index (κ2) is 4.86. The summed E-state index contributed by atoms with van der Waals surface area (Å²) in [6.45, 7) is 3.17. The molecule has 4 heteroatoms. The minimum absolute atomic E-state index is 0.486. The Morgan fingerprint density at radius 1 is 1.48 bits per heavy atom. The van der Waals surface area contributed by atoms with Gasteiger partial charge in [0.05, 0.1) is 27.7 Å². The van der Waals surface area contributed by atoms with Gasteiger partial charge in [-0.3, -0.25) is 3.59 Å². The number of nitriles is 1. The lowest BCUT2D eigenvalue weighted by Gasteiger charge is -2.40. The van der Waals surface area contributed by atoms with Crippen LogP contribution < -0.4 is 5.32 Å². The zero-order valence-electron chi connectivity index (χ0n) is 12.1. The standard InChI is InChI=1S/C17H18BrN3/c1-10-13-8-15-14(7-11(5-6-19)9-20-15)12-3-2-4-16(17(12)13)21(10)18/h2-4,11,14-15,20H,5,7-9H2,1H3/t11?,14-,15-/m0/s1. The second-order valence-corrected chi connectivity index (χ2v) is 7.08. The first-order valence-electron chi connectivity index (χ1n) is 7.60. The number of aromatic nitrogens is 1. The van der Waals surface area contributed by atoms with Gasteiger partial charge in [-0.05, 0) is 49.4 Å². The largest absolute Gasteiger partial charge is 0.313 e. The van der Waals surface area contributed by atoms with Gasteiger partial charge in [-0.1, -0.05) is 12.1 Å². The van der Waals surface area contributed by atoms with Crippen LogP contribution in [-0.2, 0) is 6.42 Å². The minimum atomic E-state index is 0.486. The molecule has 1 fully saturated rings. The molecule has 3 nitrogen and oxygen atoms in total. The van der Waals surface area contributed by atoms with Crippen LogP contribution in [0.1, 0.15) is 35.6 Å². The van der Waals surface area contributed by atoms with Crippen LogP contribution in [0.4, 0.5) is 0 Å². The number of piperidine rings is 1. The first-order valence-corrected chi connectivity index (χ1v) is 8.31. The summed E-state index contributed by atoms with van der Waals surface area (Å²) in [5.74, 6) is 1.03. The molecule has 1 unspecified atom stereocenters. The summed E-state index contributed by atoms with van der Waals surface area (Å²) in [6, 6.07) is 9.49. The normalized spacial score (nSPS) is 27.4. The molecule has 0 bridgehead atoms. The Labute approximate surface area is 133 Å². The van der Waals surface area contributed by atoms with Crippen molar-refractivity contribution in [3.8, 4) is 6.07 Å². The maximum Gasteiger partial charge on any atom is 0.0625 e. The lowest BCUT2D eigenvalue weighted by molar-refractivity contribution is 0.271. The Hall–Kier alpha value is -1.31. The summed E-state index contributed by atoms with van der Waals surface area (Å²) in [7, 11) is 0. The number of hydrogen-bond donors (Lipinski definition) is 1. The Morgan fingerprint density at radius 2 is 2.33 bits per heavy atom. The number of rotatable bonds is 1. The molecular formula is C17H18BrN3. The topological polar surface area (TPSA) is 40.8 Å². The SMILES string of the molecule is Cc1c2c3c(cccc3n1Br)[C@@H]1CC(CC#N)CN[C@H]1C2. The fraction of sp³-hybridized carbons (Fsp3) is 0.471. The van der Waals surface area contributed by atoms with E-state index in [1.54, 1.807) is 0 Å². The third-order valence-corrected chi connectivity index (χ3v) is 6.18. The Kier molecular flexibility index (Phi) is 3.09. The van der Waals surface area contributed by atoms with E-state index in [1.807, 2.05) is 0 Å². The summed E-state index contributed by atoms with van der Waals surface area (Å²) in [4.78, 5) is 0. The van der Waals surface area contributed by atoms with Gasteiger partial charge in [0.15, 0.2) is 0 Å². The molecule has 1 saturated heterocycles. The van der Waals surface area contributed by atoms with Crippen molar-refractivity contribution < 1.29 is 0 Å². The van der Waals surface area contributed by atoms with Gasteiger partial charge in [0.25, 0.3) is 0 Å². The van der Waals surface area contributed by atoms with Gasteiger partial charge in [-0.15, -0.1) is 0 Å². The Bertz CT molecular complexity index is 755. The van der Waals surface area contributed by atoms with E-state index >= 15 is 0 Å². The summed E-state index contributed by atoms with van der Waals surface area (Å²) in [5.41, 5.74) is 5.54. The van der Waals surface area contributed by atoms with Crippen LogP contribution in [0.5, 0.6) is 0 Å². The third-order valence-electron chi connectivity index (χ3n) is 5.26. The van der Waals surface area contributed by atoms with Gasteiger partial charge < -0.3 is 5.32 Å². The van der Waals surface area contributed by atoms with Gasteiger partial charge in [-0.2, -0.15) is 5.26 Å². The molecule has 1 aliphatic carbocycles. The summed E-state index contributed by atoms with van der Waals surface area (Å²) >= 11 is 3.69. The highest BCUT2D eigenvalue weighted by molar-refractivity contribution is 9.08. The molecule has 2 aromatic rings. The Morgan fingerprint density at radius 3 is 3.14 bits per heavy atom. The van der Waals surface area contributed by atoms with Crippen LogP contribution in [0, 0.1) is 24.2 Å². The second-order valence-electron chi connectivity index (χ2n) is 6.38. The summed E-state index contributed by atoms with van der Waals surface area (Å²) in [6.07, 6.45) is 2.90. The average molecular weight is 344 g/mol. The molecule has 1 aromatic heterocycles. The Balaban J connectivity index is 1.86. The van der Waals surface area contributed by atoms with Crippen LogP contribution in [0.15, 0.2) is 18.2 Å². The van der Waals surface area contributed by atoms with E-state index in [9.17, 15) is 0 Å². The van der Waals surface area contributed by atoms with Crippen molar-refractivity contribution >= 4 is 27.1 Å². The van der Waals surface area contributed by atoms with E-state index < -0.39 is 0 Å². The van der Waals surface area contributed by atoms with Gasteiger partial charge in [-0.25, -0.2) is 0 Å². The molecule has 0 amide bonds. The molecule has 1 aliphatic heterocycles.